The molecule has 11 nitrogen and oxygen atoms in total. The number of amides is 3. The molecule has 0 aliphatic carbocycles. The summed E-state index contributed by atoms with van der Waals surface area (Å²) >= 11 is 0. The normalized spacial score (nSPS) is 12.3. The Morgan fingerprint density at radius 1 is 0.732 bits per heavy atom. The van der Waals surface area contributed by atoms with Gasteiger partial charge in [-0.25, -0.2) is 19.0 Å². The van der Waals surface area contributed by atoms with Crippen LogP contribution in [0, 0.1) is 13.8 Å². The van der Waals surface area contributed by atoms with Gasteiger partial charge in [-0.15, -0.1) is 0 Å². The standard InChI is InChI=1S/C30H40N4O7/c1-17-12-13-18(2)32(17)19-14-15-20-21(16-19)33(25(36)39-28(3,4)5)24(22(20)23(31)35)34(26(37)40-29(6,7)8)27(38)41-30(9,10)11/h12-16H,1-11H3,(H2,31,35). The van der Waals surface area contributed by atoms with Crippen LogP contribution in [0.25, 0.3) is 16.6 Å². The Labute approximate surface area is 240 Å². The Bertz CT molecular complexity index is 1480. The van der Waals surface area contributed by atoms with Gasteiger partial charge in [0, 0.05) is 22.5 Å². The van der Waals surface area contributed by atoms with Crippen LogP contribution in [0.15, 0.2) is 30.3 Å². The summed E-state index contributed by atoms with van der Waals surface area (Å²) in [5.74, 6) is -1.42. The molecule has 0 fully saturated rings. The fourth-order valence-corrected chi connectivity index (χ4v) is 4.29. The molecule has 41 heavy (non-hydrogen) atoms. The van der Waals surface area contributed by atoms with Gasteiger partial charge in [0.1, 0.15) is 16.8 Å². The summed E-state index contributed by atoms with van der Waals surface area (Å²) in [5.41, 5.74) is 5.27. The van der Waals surface area contributed by atoms with E-state index < -0.39 is 46.8 Å². The Hall–Kier alpha value is -4.28. The maximum absolute atomic E-state index is 13.8. The number of ether oxygens (including phenoxy) is 3. The van der Waals surface area contributed by atoms with Gasteiger partial charge in [0.05, 0.1) is 11.1 Å². The Morgan fingerprint density at radius 3 is 1.61 bits per heavy atom. The van der Waals surface area contributed by atoms with Gasteiger partial charge in [0.25, 0.3) is 5.91 Å². The van der Waals surface area contributed by atoms with Crippen molar-refractivity contribution in [3.8, 4) is 5.69 Å². The highest BCUT2D eigenvalue weighted by Crippen LogP contribution is 2.37. The molecule has 0 unspecified atom stereocenters. The highest BCUT2D eigenvalue weighted by molar-refractivity contribution is 6.21. The minimum atomic E-state index is -1.17. The zero-order valence-electron chi connectivity index (χ0n) is 25.7. The van der Waals surface area contributed by atoms with E-state index in [0.717, 1.165) is 16.0 Å². The molecule has 11 heteroatoms. The molecule has 0 bridgehead atoms. The molecule has 0 radical (unpaired) electrons. The number of benzene rings is 1. The quantitative estimate of drug-likeness (QED) is 0.351. The van der Waals surface area contributed by atoms with Crippen LogP contribution in [0.2, 0.25) is 0 Å². The van der Waals surface area contributed by atoms with E-state index in [-0.39, 0.29) is 16.5 Å². The summed E-state index contributed by atoms with van der Waals surface area (Å²) in [6.45, 7) is 18.6. The molecule has 2 aromatic heterocycles. The number of primary amides is 1. The van der Waals surface area contributed by atoms with Gasteiger partial charge < -0.3 is 24.5 Å². The third kappa shape index (κ3) is 6.90. The molecule has 2 heterocycles. The number of carbonyl (C=O) groups is 4. The number of aromatic nitrogens is 2. The lowest BCUT2D eigenvalue weighted by Crippen LogP contribution is -2.46. The van der Waals surface area contributed by atoms with E-state index in [1.54, 1.807) is 80.5 Å². The molecule has 3 aromatic rings. The number of aryl methyl sites for hydroxylation is 2. The first-order chi connectivity index (χ1) is 18.6. The van der Waals surface area contributed by atoms with Crippen LogP contribution in [0.1, 0.15) is 84.1 Å². The van der Waals surface area contributed by atoms with Crippen LogP contribution in [0.3, 0.4) is 0 Å². The van der Waals surface area contributed by atoms with Gasteiger partial charge in [-0.05, 0) is 106 Å². The molecule has 0 atom stereocenters. The van der Waals surface area contributed by atoms with Gasteiger partial charge in [-0.2, -0.15) is 4.90 Å². The van der Waals surface area contributed by atoms with Crippen LogP contribution in [-0.2, 0) is 14.2 Å². The number of anilines is 1. The predicted molar refractivity (Wildman–Crippen MR) is 156 cm³/mol. The van der Waals surface area contributed by atoms with Crippen LogP contribution in [0.5, 0.6) is 0 Å². The van der Waals surface area contributed by atoms with Gasteiger partial charge >= 0.3 is 18.3 Å². The number of nitrogens with zero attached hydrogens (tertiary/aromatic N) is 3. The molecular formula is C30H40N4O7. The maximum atomic E-state index is 13.8. The van der Waals surface area contributed by atoms with E-state index in [2.05, 4.69) is 0 Å². The van der Waals surface area contributed by atoms with Crippen molar-refractivity contribution in [2.45, 2.75) is 93.0 Å². The zero-order valence-corrected chi connectivity index (χ0v) is 25.7. The molecule has 0 saturated carbocycles. The van der Waals surface area contributed by atoms with E-state index in [0.29, 0.717) is 10.6 Å². The first-order valence-electron chi connectivity index (χ1n) is 13.2. The summed E-state index contributed by atoms with van der Waals surface area (Å²) in [6, 6.07) is 8.91. The second-order valence-corrected chi connectivity index (χ2v) is 12.8. The molecule has 3 rings (SSSR count). The highest BCUT2D eigenvalue weighted by Gasteiger charge is 2.41. The summed E-state index contributed by atoms with van der Waals surface area (Å²) in [6.07, 6.45) is -3.28. The largest absolute Gasteiger partial charge is 0.443 e. The van der Waals surface area contributed by atoms with Crippen molar-refractivity contribution in [1.82, 2.24) is 9.13 Å². The molecule has 0 aliphatic rings. The lowest BCUT2D eigenvalue weighted by molar-refractivity contribution is 0.0426. The van der Waals surface area contributed by atoms with Crippen LogP contribution < -0.4 is 10.6 Å². The monoisotopic (exact) mass is 568 g/mol. The third-order valence-corrected chi connectivity index (χ3v) is 5.64. The Morgan fingerprint density at radius 2 is 1.20 bits per heavy atom. The molecule has 0 saturated heterocycles. The lowest BCUT2D eigenvalue weighted by atomic mass is 10.1. The molecule has 0 spiro atoms. The van der Waals surface area contributed by atoms with Gasteiger partial charge in [-0.3, -0.25) is 4.79 Å². The van der Waals surface area contributed by atoms with Crippen LogP contribution >= 0.6 is 0 Å². The van der Waals surface area contributed by atoms with Crippen molar-refractivity contribution in [2.75, 3.05) is 4.90 Å². The molecule has 0 aliphatic heterocycles. The Kier molecular flexibility index (Phi) is 8.08. The topological polar surface area (TPSA) is 135 Å². The summed E-state index contributed by atoms with van der Waals surface area (Å²) in [7, 11) is 0. The number of nitrogens with two attached hydrogens (primary N) is 1. The zero-order chi connectivity index (χ0) is 31.2. The van der Waals surface area contributed by atoms with Gasteiger partial charge in [-0.1, -0.05) is 0 Å². The SMILES string of the molecule is Cc1ccc(C)n1-c1ccc2c(C(N)=O)c(N(C(=O)OC(C)(C)C)C(=O)OC(C)(C)C)n(C(=O)OC(C)(C)C)c2c1. The molecular weight excluding hydrogens is 528 g/mol. The molecule has 3 amide bonds. The molecule has 1 aromatic carbocycles. The minimum absolute atomic E-state index is 0.185. The Balaban J connectivity index is 2.50. The first-order valence-corrected chi connectivity index (χ1v) is 13.2. The average molecular weight is 569 g/mol. The minimum Gasteiger partial charge on any atom is -0.443 e. The van der Waals surface area contributed by atoms with Crippen molar-refractivity contribution in [2.24, 2.45) is 5.73 Å². The number of hydrogen-bond donors (Lipinski definition) is 1. The summed E-state index contributed by atoms with van der Waals surface area (Å²) in [4.78, 5) is 54.6. The first kappa shape index (κ1) is 31.3. The number of fused-ring (bicyclic) bond motifs is 1. The van der Waals surface area contributed by atoms with E-state index in [4.69, 9.17) is 19.9 Å². The van der Waals surface area contributed by atoms with Crippen molar-refractivity contribution >= 4 is 40.9 Å². The lowest BCUT2D eigenvalue weighted by Gasteiger charge is -2.29. The predicted octanol–water partition coefficient (Wildman–Crippen LogP) is 6.61. The van der Waals surface area contributed by atoms with E-state index >= 15 is 0 Å². The number of carbonyl (C=O) groups excluding carboxylic acids is 4. The average Bonchev–Trinajstić information content (AvgIpc) is 3.26. The maximum Gasteiger partial charge on any atom is 0.425 e. The van der Waals surface area contributed by atoms with Gasteiger partial charge in [0.2, 0.25) is 0 Å². The number of hydrogen-bond acceptors (Lipinski definition) is 7. The van der Waals surface area contributed by atoms with E-state index in [1.165, 1.54) is 0 Å². The van der Waals surface area contributed by atoms with Crippen LogP contribution in [-0.4, -0.2) is 50.1 Å². The number of rotatable bonds is 3. The van der Waals surface area contributed by atoms with E-state index in [9.17, 15) is 19.2 Å². The van der Waals surface area contributed by atoms with Crippen molar-refractivity contribution in [3.63, 3.8) is 0 Å². The number of imide groups is 1. The van der Waals surface area contributed by atoms with Crippen molar-refractivity contribution < 1.29 is 33.4 Å². The molecule has 2 N–H and O–H groups in total. The van der Waals surface area contributed by atoms with E-state index in [1.807, 2.05) is 30.5 Å². The summed E-state index contributed by atoms with van der Waals surface area (Å²) in [5, 5.41) is 0.224. The highest BCUT2D eigenvalue weighted by atomic mass is 16.6. The fourth-order valence-electron chi connectivity index (χ4n) is 4.29. The summed E-state index contributed by atoms with van der Waals surface area (Å²) < 4.78 is 19.7. The second-order valence-electron chi connectivity index (χ2n) is 12.8. The van der Waals surface area contributed by atoms with Crippen LogP contribution in [0.4, 0.5) is 20.2 Å². The second kappa shape index (κ2) is 10.6. The molecule has 222 valence electrons. The van der Waals surface area contributed by atoms with Crippen molar-refractivity contribution in [3.05, 3.63) is 47.3 Å². The fraction of sp³-hybridized carbons (Fsp3) is 0.467. The smallest absolute Gasteiger partial charge is 0.425 e. The van der Waals surface area contributed by atoms with Gasteiger partial charge in [0.15, 0.2) is 5.82 Å². The third-order valence-electron chi connectivity index (χ3n) is 5.64. The van der Waals surface area contributed by atoms with Crippen molar-refractivity contribution in [1.29, 1.82) is 0 Å².